The molecular weight excluding hydrogens is 324 g/mol. The van der Waals surface area contributed by atoms with Gasteiger partial charge in [0.2, 0.25) is 0 Å². The molecule has 0 aliphatic rings. The average molecular weight is 337 g/mol. The fourth-order valence-corrected chi connectivity index (χ4v) is 3.93. The van der Waals surface area contributed by atoms with E-state index >= 15 is 0 Å². The van der Waals surface area contributed by atoms with Gasteiger partial charge in [0.1, 0.15) is 0 Å². The molecule has 5 aromatic rings. The maximum absolute atomic E-state index is 6.06. The van der Waals surface area contributed by atoms with Gasteiger partial charge in [-0.3, -0.25) is 0 Å². The van der Waals surface area contributed by atoms with Crippen LogP contribution in [0.5, 0.6) is 0 Å². The highest BCUT2D eigenvalue weighted by molar-refractivity contribution is 6.30. The maximum Gasteiger partial charge on any atom is 0.0406 e. The molecule has 0 saturated carbocycles. The van der Waals surface area contributed by atoms with Crippen LogP contribution in [0.25, 0.3) is 43.4 Å². The molecule has 5 rings (SSSR count). The minimum atomic E-state index is 0.750. The highest BCUT2D eigenvalue weighted by atomic mass is 35.5. The minimum Gasteiger partial charge on any atom is -0.115 e. The lowest BCUT2D eigenvalue weighted by Gasteiger charge is -2.15. The van der Waals surface area contributed by atoms with Gasteiger partial charge in [-0.25, -0.2) is 0 Å². The van der Waals surface area contributed by atoms with Crippen molar-refractivity contribution in [1.29, 1.82) is 0 Å². The Kier molecular flexibility index (Phi) is 3.01. The van der Waals surface area contributed by atoms with Gasteiger partial charge in [0.05, 0.1) is 0 Å². The zero-order valence-corrected chi connectivity index (χ0v) is 14.1. The topological polar surface area (TPSA) is 0 Å². The van der Waals surface area contributed by atoms with Gasteiger partial charge in [0.25, 0.3) is 0 Å². The second kappa shape index (κ2) is 5.24. The van der Waals surface area contributed by atoms with Crippen molar-refractivity contribution < 1.29 is 0 Å². The van der Waals surface area contributed by atoms with E-state index in [1.54, 1.807) is 0 Å². The number of halogens is 1. The first-order valence-electron chi connectivity index (χ1n) is 8.19. The van der Waals surface area contributed by atoms with Gasteiger partial charge >= 0.3 is 0 Å². The predicted octanol–water partition coefficient (Wildman–Crippen LogP) is 6.89. The van der Waals surface area contributed by atoms with Crippen molar-refractivity contribution in [1.82, 2.24) is 0 Å². The van der Waals surface area contributed by atoms with E-state index in [0.29, 0.717) is 0 Å². The smallest absolute Gasteiger partial charge is 0.0406 e. The van der Waals surface area contributed by atoms with Crippen LogP contribution in [0.4, 0.5) is 0 Å². The summed E-state index contributed by atoms with van der Waals surface area (Å²) in [6, 6.07) is 25.2. The maximum atomic E-state index is 6.06. The Labute approximate surface area is 151 Å². The third kappa shape index (κ3) is 2.03. The van der Waals surface area contributed by atoms with Crippen molar-refractivity contribution in [2.24, 2.45) is 0 Å². The van der Waals surface area contributed by atoms with Gasteiger partial charge in [-0.1, -0.05) is 72.1 Å². The van der Waals surface area contributed by atoms with Crippen LogP contribution in [0.15, 0.2) is 72.8 Å². The summed E-state index contributed by atoms with van der Waals surface area (Å²) in [4.78, 5) is 0. The zero-order valence-electron chi connectivity index (χ0n) is 13.4. The third-order valence-corrected chi connectivity index (χ3v) is 5.23. The van der Waals surface area contributed by atoms with E-state index in [2.05, 4.69) is 60.5 Å². The first-order valence-corrected chi connectivity index (χ1v) is 8.57. The molecule has 5 aromatic carbocycles. The summed E-state index contributed by atoms with van der Waals surface area (Å²) in [6.45, 7) is 0. The normalized spacial score (nSPS) is 11.4. The van der Waals surface area contributed by atoms with Crippen molar-refractivity contribution in [2.45, 2.75) is 0 Å². The van der Waals surface area contributed by atoms with Gasteiger partial charge in [-0.05, 0) is 61.6 Å². The van der Waals surface area contributed by atoms with Crippen molar-refractivity contribution in [2.75, 3.05) is 0 Å². The molecule has 0 heterocycles. The minimum absolute atomic E-state index is 0.750. The van der Waals surface area contributed by atoms with Gasteiger partial charge < -0.3 is 0 Å². The van der Waals surface area contributed by atoms with Gasteiger partial charge in [-0.15, -0.1) is 6.42 Å². The lowest BCUT2D eigenvalue weighted by molar-refractivity contribution is 1.66. The van der Waals surface area contributed by atoms with Gasteiger partial charge in [0.15, 0.2) is 0 Å². The molecule has 25 heavy (non-hydrogen) atoms. The number of benzene rings is 5. The molecule has 0 nitrogen and oxygen atoms in total. The molecule has 0 aromatic heterocycles. The Morgan fingerprint density at radius 1 is 0.640 bits per heavy atom. The highest BCUT2D eigenvalue weighted by Crippen LogP contribution is 2.40. The van der Waals surface area contributed by atoms with Crippen molar-refractivity contribution in [3.8, 4) is 23.5 Å². The molecule has 0 aliphatic heterocycles. The van der Waals surface area contributed by atoms with E-state index in [-0.39, 0.29) is 0 Å². The molecule has 0 atom stereocenters. The second-order valence-corrected chi connectivity index (χ2v) is 6.74. The van der Waals surface area contributed by atoms with E-state index in [0.717, 1.165) is 16.0 Å². The molecule has 0 saturated heterocycles. The van der Waals surface area contributed by atoms with E-state index in [1.165, 1.54) is 38.1 Å². The Morgan fingerprint density at radius 2 is 1.24 bits per heavy atom. The molecule has 1 heteroatoms. The second-order valence-electron chi connectivity index (χ2n) is 6.30. The van der Waals surface area contributed by atoms with Crippen LogP contribution in [0.1, 0.15) is 5.56 Å². The van der Waals surface area contributed by atoms with Crippen LogP contribution in [0.3, 0.4) is 0 Å². The summed E-state index contributed by atoms with van der Waals surface area (Å²) in [5.41, 5.74) is 3.32. The first-order chi connectivity index (χ1) is 12.3. The van der Waals surface area contributed by atoms with Crippen LogP contribution < -0.4 is 0 Å². The Hall–Kier alpha value is -3.01. The molecule has 0 N–H and O–H groups in total. The number of hydrogen-bond donors (Lipinski definition) is 0. The molecule has 0 unspecified atom stereocenters. The molecule has 0 amide bonds. The van der Waals surface area contributed by atoms with Crippen molar-refractivity contribution >= 4 is 43.9 Å². The Morgan fingerprint density at radius 3 is 1.96 bits per heavy atom. The monoisotopic (exact) mass is 336 g/mol. The largest absolute Gasteiger partial charge is 0.115 e. The molecule has 0 fully saturated rings. The number of hydrogen-bond acceptors (Lipinski definition) is 0. The van der Waals surface area contributed by atoms with Crippen molar-refractivity contribution in [3.63, 3.8) is 0 Å². The summed E-state index contributed by atoms with van der Waals surface area (Å²) < 4.78 is 0. The van der Waals surface area contributed by atoms with E-state index in [4.69, 9.17) is 18.0 Å². The van der Waals surface area contributed by atoms with Crippen LogP contribution in [-0.4, -0.2) is 0 Å². The van der Waals surface area contributed by atoms with E-state index in [1.807, 2.05) is 18.2 Å². The summed E-state index contributed by atoms with van der Waals surface area (Å²) in [6.07, 6.45) is 5.72. The van der Waals surface area contributed by atoms with E-state index < -0.39 is 0 Å². The summed E-state index contributed by atoms with van der Waals surface area (Å²) in [5.74, 6) is 2.82. The fourth-order valence-electron chi connectivity index (χ4n) is 3.81. The summed E-state index contributed by atoms with van der Waals surface area (Å²) >= 11 is 6.06. The molecule has 0 bridgehead atoms. The average Bonchev–Trinajstić information content (AvgIpc) is 2.66. The Bertz CT molecular complexity index is 1290. The molecule has 0 spiro atoms. The van der Waals surface area contributed by atoms with Gasteiger partial charge in [-0.2, -0.15) is 0 Å². The molecular formula is C24H13Cl. The lowest BCUT2D eigenvalue weighted by atomic mass is 9.88. The first kappa shape index (κ1) is 14.3. The van der Waals surface area contributed by atoms with Gasteiger partial charge in [0, 0.05) is 10.6 Å². The number of terminal acetylenes is 1. The predicted molar refractivity (Wildman–Crippen MR) is 109 cm³/mol. The van der Waals surface area contributed by atoms with Crippen LogP contribution in [-0.2, 0) is 0 Å². The molecule has 0 radical (unpaired) electrons. The van der Waals surface area contributed by atoms with Crippen LogP contribution in [0, 0.1) is 12.3 Å². The fraction of sp³-hybridized carbons (Fsp3) is 0. The standard InChI is InChI=1S/C24H13Cl/c1-2-15-3-4-17-9-14-22-20(16-5-10-19(25)11-6-16)12-7-18-8-13-21(15)23(17)24(18)22/h1,3-14H. The summed E-state index contributed by atoms with van der Waals surface area (Å²) in [5, 5.41) is 8.12. The number of rotatable bonds is 1. The Balaban J connectivity index is 1.97. The zero-order chi connectivity index (χ0) is 17.0. The summed E-state index contributed by atoms with van der Waals surface area (Å²) in [7, 11) is 0. The molecule has 116 valence electrons. The van der Waals surface area contributed by atoms with Crippen LogP contribution >= 0.6 is 11.6 Å². The van der Waals surface area contributed by atoms with Crippen molar-refractivity contribution in [3.05, 3.63) is 83.4 Å². The molecule has 0 aliphatic carbocycles. The van der Waals surface area contributed by atoms with Crippen LogP contribution in [0.2, 0.25) is 5.02 Å². The highest BCUT2D eigenvalue weighted by Gasteiger charge is 2.13. The van der Waals surface area contributed by atoms with E-state index in [9.17, 15) is 0 Å². The SMILES string of the molecule is C#Cc1ccc2ccc3c(-c4ccc(Cl)cc4)ccc4ccc1c2c43. The lowest BCUT2D eigenvalue weighted by Crippen LogP contribution is -1.89. The third-order valence-electron chi connectivity index (χ3n) is 4.98. The quantitative estimate of drug-likeness (QED) is 0.231.